The van der Waals surface area contributed by atoms with Gasteiger partial charge in [0.25, 0.3) is 5.56 Å². The maximum atomic E-state index is 12.5. The lowest BCUT2D eigenvalue weighted by molar-refractivity contribution is -0.159. The standard InChI is InChI=1S/C16H19F3N4O4/c17-16(18,19)15-20-14(21-27-15)11-2-5-23(13(25)8-11)4-1-3-22-6-7-26-10-12(22)9-24/h2,5,8,12,24H,1,3-4,6-7,9-10H2. The molecule has 0 aliphatic carbocycles. The van der Waals surface area contributed by atoms with Crippen molar-refractivity contribution in [1.82, 2.24) is 19.6 Å². The average molecular weight is 388 g/mol. The van der Waals surface area contributed by atoms with Gasteiger partial charge in [-0.15, -0.1) is 0 Å². The van der Waals surface area contributed by atoms with Gasteiger partial charge < -0.3 is 18.9 Å². The van der Waals surface area contributed by atoms with E-state index in [0.29, 0.717) is 32.7 Å². The third-order valence-electron chi connectivity index (χ3n) is 4.33. The van der Waals surface area contributed by atoms with E-state index < -0.39 is 12.1 Å². The van der Waals surface area contributed by atoms with Gasteiger partial charge in [0, 0.05) is 37.5 Å². The summed E-state index contributed by atoms with van der Waals surface area (Å²) in [6.45, 7) is 2.96. The van der Waals surface area contributed by atoms with E-state index in [4.69, 9.17) is 4.74 Å². The zero-order valence-electron chi connectivity index (χ0n) is 14.4. The summed E-state index contributed by atoms with van der Waals surface area (Å²) in [4.78, 5) is 17.6. The molecule has 1 fully saturated rings. The monoisotopic (exact) mass is 388 g/mol. The number of pyridine rings is 1. The molecule has 0 spiro atoms. The molecule has 1 atom stereocenters. The summed E-state index contributed by atoms with van der Waals surface area (Å²) in [5, 5.41) is 12.6. The van der Waals surface area contributed by atoms with Gasteiger partial charge in [-0.05, 0) is 12.5 Å². The minimum absolute atomic E-state index is 0.0132. The van der Waals surface area contributed by atoms with E-state index in [9.17, 15) is 23.1 Å². The Morgan fingerprint density at radius 1 is 1.33 bits per heavy atom. The topological polar surface area (TPSA) is 93.6 Å². The predicted molar refractivity (Wildman–Crippen MR) is 86.9 cm³/mol. The van der Waals surface area contributed by atoms with Crippen LogP contribution >= 0.6 is 0 Å². The number of hydrogen-bond donors (Lipinski definition) is 1. The van der Waals surface area contributed by atoms with Crippen LogP contribution in [0.3, 0.4) is 0 Å². The number of morpholine rings is 1. The van der Waals surface area contributed by atoms with E-state index in [0.717, 1.165) is 6.54 Å². The number of nitrogens with zero attached hydrogens (tertiary/aromatic N) is 4. The molecule has 0 amide bonds. The molecule has 1 aliphatic heterocycles. The molecule has 0 bridgehead atoms. The van der Waals surface area contributed by atoms with Crippen LogP contribution < -0.4 is 5.56 Å². The second kappa shape index (κ2) is 8.19. The summed E-state index contributed by atoms with van der Waals surface area (Å²) in [6.07, 6.45) is -2.56. The van der Waals surface area contributed by atoms with E-state index in [1.807, 2.05) is 0 Å². The van der Waals surface area contributed by atoms with Gasteiger partial charge in [-0.3, -0.25) is 9.69 Å². The fourth-order valence-corrected chi connectivity index (χ4v) is 2.88. The van der Waals surface area contributed by atoms with Crippen molar-refractivity contribution in [2.75, 3.05) is 32.9 Å². The first-order valence-corrected chi connectivity index (χ1v) is 8.43. The quantitative estimate of drug-likeness (QED) is 0.789. The molecule has 1 unspecified atom stereocenters. The summed E-state index contributed by atoms with van der Waals surface area (Å²) in [5.74, 6) is -1.74. The zero-order valence-corrected chi connectivity index (χ0v) is 14.4. The van der Waals surface area contributed by atoms with Gasteiger partial charge >= 0.3 is 12.1 Å². The molecule has 3 rings (SSSR count). The van der Waals surface area contributed by atoms with E-state index in [1.54, 1.807) is 0 Å². The van der Waals surface area contributed by atoms with Crippen molar-refractivity contribution in [3.05, 3.63) is 34.6 Å². The lowest BCUT2D eigenvalue weighted by Gasteiger charge is -2.34. The molecule has 148 valence electrons. The average Bonchev–Trinajstić information content (AvgIpc) is 3.14. The molecule has 3 heterocycles. The van der Waals surface area contributed by atoms with Crippen LogP contribution in [0, 0.1) is 0 Å². The second-order valence-corrected chi connectivity index (χ2v) is 6.17. The van der Waals surface area contributed by atoms with Crippen LogP contribution in [0.5, 0.6) is 0 Å². The SMILES string of the molecule is O=c1cc(-c2noc(C(F)(F)F)n2)ccn1CCCN1CCOCC1CO. The van der Waals surface area contributed by atoms with Crippen LogP contribution in [0.25, 0.3) is 11.4 Å². The van der Waals surface area contributed by atoms with Crippen molar-refractivity contribution in [2.45, 2.75) is 25.2 Å². The molecular weight excluding hydrogens is 369 g/mol. The summed E-state index contributed by atoms with van der Waals surface area (Å²) in [7, 11) is 0. The summed E-state index contributed by atoms with van der Waals surface area (Å²) in [5.41, 5.74) is -0.212. The number of ether oxygens (including phenoxy) is 1. The molecule has 1 saturated heterocycles. The molecule has 8 nitrogen and oxygen atoms in total. The fourth-order valence-electron chi connectivity index (χ4n) is 2.88. The Labute approximate surface area is 152 Å². The van der Waals surface area contributed by atoms with E-state index in [-0.39, 0.29) is 29.6 Å². The Hall–Kier alpha value is -2.24. The normalized spacial score (nSPS) is 18.7. The summed E-state index contributed by atoms with van der Waals surface area (Å²) >= 11 is 0. The lowest BCUT2D eigenvalue weighted by atomic mass is 10.2. The van der Waals surface area contributed by atoms with Crippen molar-refractivity contribution in [2.24, 2.45) is 0 Å². The largest absolute Gasteiger partial charge is 0.471 e. The first-order chi connectivity index (χ1) is 12.9. The molecule has 1 N–H and O–H groups in total. The Morgan fingerprint density at radius 2 is 2.15 bits per heavy atom. The fraction of sp³-hybridized carbons (Fsp3) is 0.562. The number of aryl methyl sites for hydroxylation is 1. The number of aromatic nitrogens is 3. The highest BCUT2D eigenvalue weighted by molar-refractivity contribution is 5.52. The van der Waals surface area contributed by atoms with Crippen molar-refractivity contribution in [3.63, 3.8) is 0 Å². The summed E-state index contributed by atoms with van der Waals surface area (Å²) < 4.78 is 48.5. The van der Waals surface area contributed by atoms with E-state index >= 15 is 0 Å². The molecule has 0 aromatic carbocycles. The van der Waals surface area contributed by atoms with Gasteiger partial charge in [0.1, 0.15) is 0 Å². The van der Waals surface area contributed by atoms with Crippen LogP contribution in [0.4, 0.5) is 13.2 Å². The number of aliphatic hydroxyl groups excluding tert-OH is 1. The van der Waals surface area contributed by atoms with Crippen LogP contribution in [0.2, 0.25) is 0 Å². The highest BCUT2D eigenvalue weighted by atomic mass is 19.4. The van der Waals surface area contributed by atoms with Crippen molar-refractivity contribution in [1.29, 1.82) is 0 Å². The third-order valence-corrected chi connectivity index (χ3v) is 4.33. The molecule has 0 radical (unpaired) electrons. The van der Waals surface area contributed by atoms with Gasteiger partial charge in [-0.25, -0.2) is 0 Å². The van der Waals surface area contributed by atoms with Gasteiger partial charge in [0.05, 0.1) is 25.9 Å². The predicted octanol–water partition coefficient (Wildman–Crippen LogP) is 1.00. The first-order valence-electron chi connectivity index (χ1n) is 8.43. The minimum atomic E-state index is -4.73. The van der Waals surface area contributed by atoms with E-state index in [1.165, 1.54) is 22.9 Å². The van der Waals surface area contributed by atoms with Gasteiger partial charge in [0.2, 0.25) is 5.82 Å². The number of hydrogen-bond acceptors (Lipinski definition) is 7. The Morgan fingerprint density at radius 3 is 2.81 bits per heavy atom. The summed E-state index contributed by atoms with van der Waals surface area (Å²) in [6, 6.07) is 2.60. The molecule has 1 aliphatic rings. The molecule has 11 heteroatoms. The molecule has 27 heavy (non-hydrogen) atoms. The number of rotatable bonds is 6. The first kappa shape index (κ1) is 19.5. The Kier molecular flexibility index (Phi) is 5.92. The highest BCUT2D eigenvalue weighted by Crippen LogP contribution is 2.29. The van der Waals surface area contributed by atoms with Gasteiger partial charge in [-0.2, -0.15) is 18.2 Å². The van der Waals surface area contributed by atoms with Gasteiger partial charge in [0.15, 0.2) is 0 Å². The lowest BCUT2D eigenvalue weighted by Crippen LogP contribution is -2.48. The van der Waals surface area contributed by atoms with Gasteiger partial charge in [-0.1, -0.05) is 5.16 Å². The molecule has 0 saturated carbocycles. The highest BCUT2D eigenvalue weighted by Gasteiger charge is 2.38. The number of halogens is 3. The number of alkyl halides is 3. The smallest absolute Gasteiger partial charge is 0.395 e. The molecule has 2 aromatic rings. The molecular formula is C16H19F3N4O4. The Balaban J connectivity index is 1.61. The van der Waals surface area contributed by atoms with Crippen LogP contribution in [0.1, 0.15) is 12.3 Å². The second-order valence-electron chi connectivity index (χ2n) is 6.17. The third kappa shape index (κ3) is 4.73. The van der Waals surface area contributed by atoms with Crippen LogP contribution in [-0.2, 0) is 17.5 Å². The van der Waals surface area contributed by atoms with Crippen molar-refractivity contribution in [3.8, 4) is 11.4 Å². The van der Waals surface area contributed by atoms with Crippen molar-refractivity contribution < 1.29 is 27.5 Å². The Bertz CT molecular complexity index is 820. The van der Waals surface area contributed by atoms with Crippen molar-refractivity contribution >= 4 is 0 Å². The number of aliphatic hydroxyl groups is 1. The van der Waals surface area contributed by atoms with Crippen LogP contribution in [0.15, 0.2) is 27.6 Å². The molecule has 2 aromatic heterocycles. The van der Waals surface area contributed by atoms with E-state index in [2.05, 4.69) is 19.6 Å². The van der Waals surface area contributed by atoms with Crippen LogP contribution in [-0.4, -0.2) is 63.7 Å². The maximum Gasteiger partial charge on any atom is 0.471 e. The zero-order chi connectivity index (χ0) is 19.4. The maximum absolute atomic E-state index is 12.5. The minimum Gasteiger partial charge on any atom is -0.395 e.